The van der Waals surface area contributed by atoms with Crippen LogP contribution in [0.4, 0.5) is 0 Å². The standard InChI is InChI=1S/C14H19N3O3/c1-4-10-7-17-13(20-10)9-15-8-11-14(19-3)12(18-2)5-6-16-11/h5-7,15H,4,8-9H2,1-3H3. The van der Waals surface area contributed by atoms with Gasteiger partial charge in [0.25, 0.3) is 0 Å². The average Bonchev–Trinajstić information content (AvgIpc) is 2.94. The molecule has 0 saturated heterocycles. The predicted molar refractivity (Wildman–Crippen MR) is 73.8 cm³/mol. The molecule has 6 nitrogen and oxygen atoms in total. The Bertz CT molecular complexity index is 554. The molecule has 108 valence electrons. The van der Waals surface area contributed by atoms with Crippen molar-refractivity contribution in [3.05, 3.63) is 35.8 Å². The zero-order valence-corrected chi connectivity index (χ0v) is 12.0. The largest absolute Gasteiger partial charge is 0.493 e. The van der Waals surface area contributed by atoms with E-state index in [4.69, 9.17) is 13.9 Å². The first kappa shape index (κ1) is 14.3. The highest BCUT2D eigenvalue weighted by atomic mass is 16.5. The Hall–Kier alpha value is -2.08. The molecule has 6 heteroatoms. The molecule has 0 bridgehead atoms. The van der Waals surface area contributed by atoms with Gasteiger partial charge in [0.05, 0.1) is 32.7 Å². The minimum Gasteiger partial charge on any atom is -0.493 e. The van der Waals surface area contributed by atoms with Crippen LogP contribution < -0.4 is 14.8 Å². The fourth-order valence-electron chi connectivity index (χ4n) is 1.86. The van der Waals surface area contributed by atoms with E-state index >= 15 is 0 Å². The number of oxazole rings is 1. The molecule has 0 aliphatic rings. The van der Waals surface area contributed by atoms with Crippen molar-refractivity contribution in [2.75, 3.05) is 14.2 Å². The molecule has 2 aromatic rings. The Kier molecular flexibility index (Phi) is 4.95. The van der Waals surface area contributed by atoms with Crippen LogP contribution in [-0.4, -0.2) is 24.2 Å². The number of aryl methyl sites for hydroxylation is 1. The van der Waals surface area contributed by atoms with Crippen molar-refractivity contribution in [2.45, 2.75) is 26.4 Å². The lowest BCUT2D eigenvalue weighted by Gasteiger charge is -2.11. The smallest absolute Gasteiger partial charge is 0.208 e. The summed E-state index contributed by atoms with van der Waals surface area (Å²) in [6.45, 7) is 3.12. The van der Waals surface area contributed by atoms with Gasteiger partial charge in [-0.25, -0.2) is 4.98 Å². The molecule has 2 rings (SSSR count). The van der Waals surface area contributed by atoms with Gasteiger partial charge in [-0.3, -0.25) is 4.98 Å². The molecule has 2 heterocycles. The molecule has 0 unspecified atom stereocenters. The number of hydrogen-bond acceptors (Lipinski definition) is 6. The van der Waals surface area contributed by atoms with Gasteiger partial charge < -0.3 is 19.2 Å². The highest BCUT2D eigenvalue weighted by Gasteiger charge is 2.11. The van der Waals surface area contributed by atoms with Crippen molar-refractivity contribution < 1.29 is 13.9 Å². The first-order chi connectivity index (χ1) is 9.78. The Morgan fingerprint density at radius 1 is 1.20 bits per heavy atom. The van der Waals surface area contributed by atoms with Gasteiger partial charge in [0.15, 0.2) is 11.5 Å². The average molecular weight is 277 g/mol. The number of aromatic nitrogens is 2. The number of nitrogens with zero attached hydrogens (tertiary/aromatic N) is 2. The highest BCUT2D eigenvalue weighted by molar-refractivity contribution is 5.42. The summed E-state index contributed by atoms with van der Waals surface area (Å²) >= 11 is 0. The van der Waals surface area contributed by atoms with E-state index in [1.54, 1.807) is 32.7 Å². The van der Waals surface area contributed by atoms with Crippen molar-refractivity contribution >= 4 is 0 Å². The maximum atomic E-state index is 5.52. The first-order valence-corrected chi connectivity index (χ1v) is 6.48. The van der Waals surface area contributed by atoms with Crippen molar-refractivity contribution in [1.29, 1.82) is 0 Å². The maximum absolute atomic E-state index is 5.52. The van der Waals surface area contributed by atoms with E-state index in [1.807, 2.05) is 6.92 Å². The summed E-state index contributed by atoms with van der Waals surface area (Å²) < 4.78 is 16.1. The van der Waals surface area contributed by atoms with Gasteiger partial charge in [0, 0.05) is 25.2 Å². The zero-order valence-electron chi connectivity index (χ0n) is 12.0. The van der Waals surface area contributed by atoms with Crippen LogP contribution >= 0.6 is 0 Å². The third-order valence-corrected chi connectivity index (χ3v) is 2.88. The summed E-state index contributed by atoms with van der Waals surface area (Å²) in [7, 11) is 3.21. The van der Waals surface area contributed by atoms with E-state index in [-0.39, 0.29) is 0 Å². The van der Waals surface area contributed by atoms with Crippen LogP contribution in [0.2, 0.25) is 0 Å². The van der Waals surface area contributed by atoms with Crippen LogP contribution in [0.25, 0.3) is 0 Å². The van der Waals surface area contributed by atoms with Crippen molar-refractivity contribution in [3.63, 3.8) is 0 Å². The molecule has 0 aliphatic carbocycles. The molecule has 0 aliphatic heterocycles. The Balaban J connectivity index is 1.97. The van der Waals surface area contributed by atoms with Gasteiger partial charge in [-0.1, -0.05) is 6.92 Å². The maximum Gasteiger partial charge on any atom is 0.208 e. The molecule has 1 N–H and O–H groups in total. The van der Waals surface area contributed by atoms with Crippen LogP contribution in [0.1, 0.15) is 24.3 Å². The number of nitrogens with one attached hydrogen (secondary N) is 1. The number of hydrogen-bond donors (Lipinski definition) is 1. The fraction of sp³-hybridized carbons (Fsp3) is 0.429. The third-order valence-electron chi connectivity index (χ3n) is 2.88. The Morgan fingerprint density at radius 3 is 2.70 bits per heavy atom. The molecule has 0 amide bonds. The van der Waals surface area contributed by atoms with Crippen molar-refractivity contribution in [1.82, 2.24) is 15.3 Å². The molecule has 2 aromatic heterocycles. The van der Waals surface area contributed by atoms with Crippen LogP contribution in [0.3, 0.4) is 0 Å². The minimum atomic E-state index is 0.544. The highest BCUT2D eigenvalue weighted by Crippen LogP contribution is 2.28. The number of rotatable bonds is 7. The van der Waals surface area contributed by atoms with Gasteiger partial charge in [0.1, 0.15) is 5.76 Å². The number of pyridine rings is 1. The van der Waals surface area contributed by atoms with Gasteiger partial charge in [-0.05, 0) is 0 Å². The molecule has 0 saturated carbocycles. The Labute approximate surface area is 118 Å². The molecule has 0 aromatic carbocycles. The van der Waals surface area contributed by atoms with E-state index < -0.39 is 0 Å². The van der Waals surface area contributed by atoms with Crippen LogP contribution in [0, 0.1) is 0 Å². The van der Waals surface area contributed by atoms with Crippen LogP contribution in [0.5, 0.6) is 11.5 Å². The summed E-state index contributed by atoms with van der Waals surface area (Å²) in [6, 6.07) is 1.77. The zero-order chi connectivity index (χ0) is 14.4. The molecule has 0 spiro atoms. The van der Waals surface area contributed by atoms with E-state index in [9.17, 15) is 0 Å². The predicted octanol–water partition coefficient (Wildman–Crippen LogP) is 1.94. The van der Waals surface area contributed by atoms with Gasteiger partial charge in [-0.2, -0.15) is 0 Å². The lowest BCUT2D eigenvalue weighted by atomic mass is 10.3. The normalized spacial score (nSPS) is 10.6. The van der Waals surface area contributed by atoms with Crippen molar-refractivity contribution in [3.8, 4) is 11.5 Å². The molecule has 0 radical (unpaired) electrons. The fourth-order valence-corrected chi connectivity index (χ4v) is 1.86. The van der Waals surface area contributed by atoms with E-state index in [2.05, 4.69) is 15.3 Å². The molecular formula is C14H19N3O3. The molecule has 20 heavy (non-hydrogen) atoms. The van der Waals surface area contributed by atoms with E-state index in [0.29, 0.717) is 30.5 Å². The summed E-state index contributed by atoms with van der Waals surface area (Å²) in [6.07, 6.45) is 4.29. The first-order valence-electron chi connectivity index (χ1n) is 6.48. The quantitative estimate of drug-likeness (QED) is 0.834. The summed E-state index contributed by atoms with van der Waals surface area (Å²) in [5.41, 5.74) is 0.786. The molecular weight excluding hydrogens is 258 g/mol. The lowest BCUT2D eigenvalue weighted by molar-refractivity contribution is 0.347. The molecule has 0 atom stereocenters. The second kappa shape index (κ2) is 6.91. The van der Waals surface area contributed by atoms with Gasteiger partial charge >= 0.3 is 0 Å². The molecule has 0 fully saturated rings. The Morgan fingerprint density at radius 2 is 2.05 bits per heavy atom. The number of ether oxygens (including phenoxy) is 2. The topological polar surface area (TPSA) is 69.4 Å². The van der Waals surface area contributed by atoms with Gasteiger partial charge in [0.2, 0.25) is 5.89 Å². The number of methoxy groups -OCH3 is 2. The SMILES string of the molecule is CCc1cnc(CNCc2nccc(OC)c2OC)o1. The van der Waals surface area contributed by atoms with E-state index in [1.165, 1.54) is 0 Å². The second-order valence-corrected chi connectivity index (χ2v) is 4.17. The van der Waals surface area contributed by atoms with Gasteiger partial charge in [-0.15, -0.1) is 0 Å². The third kappa shape index (κ3) is 3.27. The van der Waals surface area contributed by atoms with Crippen molar-refractivity contribution in [2.24, 2.45) is 0 Å². The van der Waals surface area contributed by atoms with E-state index in [0.717, 1.165) is 17.9 Å². The lowest BCUT2D eigenvalue weighted by Crippen LogP contribution is -2.15. The van der Waals surface area contributed by atoms with Crippen LogP contribution in [-0.2, 0) is 19.5 Å². The summed E-state index contributed by atoms with van der Waals surface area (Å²) in [4.78, 5) is 8.48. The minimum absolute atomic E-state index is 0.544. The van der Waals surface area contributed by atoms with Crippen LogP contribution in [0.15, 0.2) is 22.9 Å². The second-order valence-electron chi connectivity index (χ2n) is 4.17. The monoisotopic (exact) mass is 277 g/mol. The summed E-state index contributed by atoms with van der Waals surface area (Å²) in [5, 5.41) is 3.23. The summed E-state index contributed by atoms with van der Waals surface area (Å²) in [5.74, 6) is 2.87.